The molecule has 0 aliphatic carbocycles. The maximum atomic E-state index is 9.88. The van der Waals surface area contributed by atoms with E-state index in [0.717, 1.165) is 18.5 Å². The Balaban J connectivity index is 1.96. The molecule has 3 unspecified atom stereocenters. The Labute approximate surface area is 108 Å². The Morgan fingerprint density at radius 1 is 1.28 bits per heavy atom. The lowest BCUT2D eigenvalue weighted by atomic mass is 10.1. The van der Waals surface area contributed by atoms with Gasteiger partial charge in [0, 0.05) is 12.1 Å². The summed E-state index contributed by atoms with van der Waals surface area (Å²) < 4.78 is 11.4. The molecule has 0 saturated carbocycles. The van der Waals surface area contributed by atoms with Gasteiger partial charge in [-0.2, -0.15) is 0 Å². The van der Waals surface area contributed by atoms with Gasteiger partial charge in [0.15, 0.2) is 6.29 Å². The average molecular weight is 251 g/mol. The lowest BCUT2D eigenvalue weighted by Gasteiger charge is -2.34. The molecule has 18 heavy (non-hydrogen) atoms. The molecule has 1 heterocycles. The molecule has 0 aromatic heterocycles. The molecule has 1 aromatic rings. The summed E-state index contributed by atoms with van der Waals surface area (Å²) in [5.41, 5.74) is 0.999. The number of hydrogen-bond acceptors (Lipinski definition) is 4. The van der Waals surface area contributed by atoms with E-state index in [4.69, 9.17) is 9.47 Å². The number of benzene rings is 1. The maximum absolute atomic E-state index is 9.88. The molecule has 2 rings (SSSR count). The highest BCUT2D eigenvalue weighted by Gasteiger charge is 2.31. The Morgan fingerprint density at radius 2 is 2.00 bits per heavy atom. The van der Waals surface area contributed by atoms with Crippen molar-refractivity contribution >= 4 is 0 Å². The zero-order valence-corrected chi connectivity index (χ0v) is 11.0. The van der Waals surface area contributed by atoms with Gasteiger partial charge >= 0.3 is 0 Å². The van der Waals surface area contributed by atoms with Crippen molar-refractivity contribution in [2.45, 2.75) is 24.9 Å². The van der Waals surface area contributed by atoms with E-state index in [2.05, 4.69) is 4.90 Å². The Hall–Kier alpha value is -0.940. The Bertz CT molecular complexity index is 355. The first-order chi connectivity index (χ1) is 8.66. The summed E-state index contributed by atoms with van der Waals surface area (Å²) in [5.74, 6) is 0. The van der Waals surface area contributed by atoms with Crippen LogP contribution >= 0.6 is 0 Å². The van der Waals surface area contributed by atoms with E-state index in [1.165, 1.54) is 0 Å². The van der Waals surface area contributed by atoms with Crippen molar-refractivity contribution in [3.05, 3.63) is 35.9 Å². The van der Waals surface area contributed by atoms with Gasteiger partial charge in [0.05, 0.1) is 12.7 Å². The molecule has 1 aliphatic rings. The summed E-state index contributed by atoms with van der Waals surface area (Å²) in [6.07, 6.45) is -0.251. The van der Waals surface area contributed by atoms with Gasteiger partial charge in [-0.1, -0.05) is 30.3 Å². The van der Waals surface area contributed by atoms with E-state index in [0.29, 0.717) is 6.61 Å². The third-order valence-electron chi connectivity index (χ3n) is 3.08. The van der Waals surface area contributed by atoms with E-state index in [-0.39, 0.29) is 12.4 Å². The van der Waals surface area contributed by atoms with E-state index >= 15 is 0 Å². The predicted molar refractivity (Wildman–Crippen MR) is 69.2 cm³/mol. The third-order valence-corrected chi connectivity index (χ3v) is 3.08. The minimum atomic E-state index is -0.537. The van der Waals surface area contributed by atoms with Crippen molar-refractivity contribution in [2.24, 2.45) is 0 Å². The van der Waals surface area contributed by atoms with Crippen LogP contribution in [0.5, 0.6) is 0 Å². The van der Waals surface area contributed by atoms with Crippen LogP contribution < -0.4 is 0 Å². The van der Waals surface area contributed by atoms with Gasteiger partial charge in [-0.05, 0) is 20.5 Å². The molecule has 1 N–H and O–H groups in total. The first-order valence-electron chi connectivity index (χ1n) is 6.31. The van der Waals surface area contributed by atoms with Crippen molar-refractivity contribution in [2.75, 3.05) is 27.2 Å². The van der Waals surface area contributed by atoms with Crippen LogP contribution in [0.2, 0.25) is 0 Å². The molecule has 0 bridgehead atoms. The molecular weight excluding hydrogens is 230 g/mol. The second-order valence-corrected chi connectivity index (χ2v) is 4.91. The lowest BCUT2D eigenvalue weighted by molar-refractivity contribution is -0.258. The van der Waals surface area contributed by atoms with Gasteiger partial charge in [-0.25, -0.2) is 0 Å². The van der Waals surface area contributed by atoms with Gasteiger partial charge in [0.25, 0.3) is 0 Å². The second kappa shape index (κ2) is 6.29. The molecule has 1 aromatic carbocycles. The van der Waals surface area contributed by atoms with Crippen LogP contribution in [-0.4, -0.2) is 49.5 Å². The zero-order chi connectivity index (χ0) is 13.0. The van der Waals surface area contributed by atoms with Crippen molar-refractivity contribution in [3.63, 3.8) is 0 Å². The van der Waals surface area contributed by atoms with Gasteiger partial charge in [-0.15, -0.1) is 0 Å². The number of ether oxygens (including phenoxy) is 2. The summed E-state index contributed by atoms with van der Waals surface area (Å²) in [5, 5.41) is 9.88. The van der Waals surface area contributed by atoms with Gasteiger partial charge < -0.3 is 19.5 Å². The first kappa shape index (κ1) is 13.5. The topological polar surface area (TPSA) is 41.9 Å². The maximum Gasteiger partial charge on any atom is 0.184 e. The predicted octanol–water partition coefficient (Wildman–Crippen LogP) is 1.41. The van der Waals surface area contributed by atoms with Crippen molar-refractivity contribution in [1.82, 2.24) is 4.90 Å². The smallest absolute Gasteiger partial charge is 0.184 e. The van der Waals surface area contributed by atoms with Crippen LogP contribution in [-0.2, 0) is 9.47 Å². The minimum absolute atomic E-state index is 0.161. The largest absolute Gasteiger partial charge is 0.388 e. The van der Waals surface area contributed by atoms with Crippen LogP contribution in [0.15, 0.2) is 30.3 Å². The standard InChI is InChI=1S/C14H21NO3/c1-15(2)9-8-13-12(16)10-17-14(18-13)11-6-4-3-5-7-11/h3-7,12-14,16H,8-10H2,1-2H3. The van der Waals surface area contributed by atoms with Gasteiger partial charge in [-0.3, -0.25) is 0 Å². The number of hydrogen-bond donors (Lipinski definition) is 1. The van der Waals surface area contributed by atoms with Crippen molar-refractivity contribution < 1.29 is 14.6 Å². The molecule has 3 atom stereocenters. The van der Waals surface area contributed by atoms with E-state index in [1.807, 2.05) is 44.4 Å². The lowest BCUT2D eigenvalue weighted by Crippen LogP contribution is -2.41. The molecular formula is C14H21NO3. The number of rotatable bonds is 4. The van der Waals surface area contributed by atoms with E-state index in [9.17, 15) is 5.11 Å². The summed E-state index contributed by atoms with van der Waals surface area (Å²) in [6, 6.07) is 9.84. The van der Waals surface area contributed by atoms with Crippen molar-refractivity contribution in [1.29, 1.82) is 0 Å². The number of aliphatic hydroxyl groups excluding tert-OH is 1. The minimum Gasteiger partial charge on any atom is -0.388 e. The fourth-order valence-corrected chi connectivity index (χ4v) is 2.01. The molecule has 4 heteroatoms. The molecule has 100 valence electrons. The van der Waals surface area contributed by atoms with Crippen LogP contribution in [0.4, 0.5) is 0 Å². The Kier molecular flexibility index (Phi) is 4.72. The normalized spacial score (nSPS) is 28.6. The monoisotopic (exact) mass is 251 g/mol. The van der Waals surface area contributed by atoms with Crippen LogP contribution in [0.3, 0.4) is 0 Å². The van der Waals surface area contributed by atoms with Crippen LogP contribution in [0.25, 0.3) is 0 Å². The Morgan fingerprint density at radius 3 is 2.67 bits per heavy atom. The van der Waals surface area contributed by atoms with E-state index < -0.39 is 6.10 Å². The zero-order valence-electron chi connectivity index (χ0n) is 11.0. The quantitative estimate of drug-likeness (QED) is 0.878. The highest BCUT2D eigenvalue weighted by molar-refractivity contribution is 5.16. The fraction of sp³-hybridized carbons (Fsp3) is 0.571. The second-order valence-electron chi connectivity index (χ2n) is 4.91. The third kappa shape index (κ3) is 3.53. The van der Waals surface area contributed by atoms with E-state index in [1.54, 1.807) is 0 Å². The van der Waals surface area contributed by atoms with Crippen LogP contribution in [0.1, 0.15) is 18.3 Å². The average Bonchev–Trinajstić information content (AvgIpc) is 2.38. The van der Waals surface area contributed by atoms with Gasteiger partial charge in [0.1, 0.15) is 6.10 Å². The SMILES string of the molecule is CN(C)CCC1OC(c2ccccc2)OCC1O. The van der Waals surface area contributed by atoms with Crippen LogP contribution in [0, 0.1) is 0 Å². The van der Waals surface area contributed by atoms with Gasteiger partial charge in [0.2, 0.25) is 0 Å². The highest BCUT2D eigenvalue weighted by atomic mass is 16.7. The molecule has 1 aliphatic heterocycles. The molecule has 0 spiro atoms. The summed E-state index contributed by atoms with van der Waals surface area (Å²) in [6.45, 7) is 1.22. The summed E-state index contributed by atoms with van der Waals surface area (Å²) in [4.78, 5) is 2.09. The number of aliphatic hydroxyl groups is 1. The van der Waals surface area contributed by atoms with Crippen molar-refractivity contribution in [3.8, 4) is 0 Å². The fourth-order valence-electron chi connectivity index (χ4n) is 2.01. The molecule has 0 radical (unpaired) electrons. The number of nitrogens with zero attached hydrogens (tertiary/aromatic N) is 1. The molecule has 0 amide bonds. The molecule has 1 fully saturated rings. The highest BCUT2D eigenvalue weighted by Crippen LogP contribution is 2.27. The molecule has 4 nitrogen and oxygen atoms in total. The molecule has 1 saturated heterocycles. The summed E-state index contributed by atoms with van der Waals surface area (Å²) in [7, 11) is 4.03. The first-order valence-corrected chi connectivity index (χ1v) is 6.31. The summed E-state index contributed by atoms with van der Waals surface area (Å²) >= 11 is 0.